The Morgan fingerprint density at radius 3 is 2.29 bits per heavy atom. The van der Waals surface area contributed by atoms with E-state index in [2.05, 4.69) is 41.2 Å². The summed E-state index contributed by atoms with van der Waals surface area (Å²) in [6.07, 6.45) is 0. The number of aliphatic carboxylic acids is 1. The van der Waals surface area contributed by atoms with Gasteiger partial charge in [0.1, 0.15) is 5.75 Å². The molecule has 1 fully saturated rings. The molecule has 4 rings (SSSR count). The lowest BCUT2D eigenvalue weighted by molar-refractivity contribution is -0.142. The number of nitrogens with zero attached hydrogens (tertiary/aromatic N) is 3. The summed E-state index contributed by atoms with van der Waals surface area (Å²) < 4.78 is 5.86. The molecule has 0 spiro atoms. The van der Waals surface area contributed by atoms with E-state index in [0.29, 0.717) is 30.6 Å². The number of carboxylic acids is 1. The fourth-order valence-corrected chi connectivity index (χ4v) is 4.44. The number of carbonyl (C=O) groups excluding carboxylic acids is 1. The Morgan fingerprint density at radius 2 is 1.61 bits per heavy atom. The zero-order chi connectivity index (χ0) is 26.9. The van der Waals surface area contributed by atoms with Gasteiger partial charge in [0.2, 0.25) is 6.61 Å². The van der Waals surface area contributed by atoms with E-state index < -0.39 is 12.6 Å². The fraction of sp³-hybridized carbons (Fsp3) is 0.300. The number of carboxylic acid groups (broad SMARTS) is 1. The number of rotatable bonds is 10. The maximum atomic E-state index is 12.8. The molecule has 1 N–H and O–H groups in total. The Bertz CT molecular complexity index is 1250. The van der Waals surface area contributed by atoms with Crippen LogP contribution >= 0.6 is 0 Å². The molecule has 1 heterocycles. The van der Waals surface area contributed by atoms with E-state index in [-0.39, 0.29) is 12.5 Å². The maximum Gasteiger partial charge on any atom is 0.344 e. The summed E-state index contributed by atoms with van der Waals surface area (Å²) in [5.41, 5.74) is 4.65. The molecule has 1 unspecified atom stereocenters. The average Bonchev–Trinajstić information content (AvgIpc) is 2.96. The Hall–Kier alpha value is -4.17. The Kier molecular flexibility index (Phi) is 9.11. The van der Waals surface area contributed by atoms with E-state index in [0.717, 1.165) is 29.8 Å². The molecule has 1 atom stereocenters. The summed E-state index contributed by atoms with van der Waals surface area (Å²) in [5.74, 6) is -0.445. The molecule has 0 aliphatic carbocycles. The highest BCUT2D eigenvalue weighted by Crippen LogP contribution is 2.25. The second-order valence-corrected chi connectivity index (χ2v) is 9.24. The van der Waals surface area contributed by atoms with Gasteiger partial charge in [-0.3, -0.25) is 9.69 Å². The number of carbonyl (C=O) groups is 2. The third-order valence-corrected chi connectivity index (χ3v) is 6.72. The first-order valence-electron chi connectivity index (χ1n) is 12.7. The maximum absolute atomic E-state index is 12.8. The minimum absolute atomic E-state index is 0.00261. The van der Waals surface area contributed by atoms with Gasteiger partial charge in [-0.25, -0.2) is 4.79 Å². The van der Waals surface area contributed by atoms with Crippen molar-refractivity contribution >= 4 is 17.6 Å². The van der Waals surface area contributed by atoms with E-state index in [1.165, 1.54) is 5.56 Å². The molecule has 3 aromatic rings. The molecular formula is C30H33N3O5. The minimum Gasteiger partial charge on any atom is -0.484 e. The predicted molar refractivity (Wildman–Crippen MR) is 146 cm³/mol. The van der Waals surface area contributed by atoms with Crippen molar-refractivity contribution < 1.29 is 24.3 Å². The van der Waals surface area contributed by atoms with Crippen molar-refractivity contribution in [3.05, 3.63) is 90.0 Å². The standard InChI is InChI=1S/C30H33N3O5/c1-22(31-38-21-30(35)36)24-11-13-26(14-12-24)27-9-6-10-28(19-27)37-20-29(34)33-17-15-32(16-18-33)23(2)25-7-4-3-5-8-25/h3-14,19,23H,15-18,20-21H2,1-2H3,(H,35,36). The van der Waals surface area contributed by atoms with Crippen molar-refractivity contribution in [2.45, 2.75) is 19.9 Å². The van der Waals surface area contributed by atoms with Gasteiger partial charge in [-0.1, -0.05) is 71.9 Å². The van der Waals surface area contributed by atoms with Crippen LogP contribution in [0.5, 0.6) is 5.75 Å². The molecule has 1 amide bonds. The molecule has 198 valence electrons. The summed E-state index contributed by atoms with van der Waals surface area (Å²) in [7, 11) is 0. The van der Waals surface area contributed by atoms with Gasteiger partial charge in [0, 0.05) is 32.2 Å². The van der Waals surface area contributed by atoms with E-state index in [1.807, 2.05) is 59.5 Å². The van der Waals surface area contributed by atoms with Gasteiger partial charge >= 0.3 is 5.97 Å². The highest BCUT2D eigenvalue weighted by atomic mass is 16.6. The van der Waals surface area contributed by atoms with Crippen LogP contribution in [-0.2, 0) is 14.4 Å². The van der Waals surface area contributed by atoms with Crippen LogP contribution in [0.2, 0.25) is 0 Å². The number of ether oxygens (including phenoxy) is 1. The lowest BCUT2D eigenvalue weighted by Gasteiger charge is -2.38. The first-order chi connectivity index (χ1) is 18.4. The summed E-state index contributed by atoms with van der Waals surface area (Å²) in [4.78, 5) is 32.5. The van der Waals surface area contributed by atoms with Crippen LogP contribution in [0.1, 0.15) is 31.0 Å². The Morgan fingerprint density at radius 1 is 0.895 bits per heavy atom. The normalized spacial score (nSPS) is 15.1. The highest BCUT2D eigenvalue weighted by Gasteiger charge is 2.25. The molecule has 1 saturated heterocycles. The number of benzene rings is 3. The van der Waals surface area contributed by atoms with E-state index >= 15 is 0 Å². The molecule has 3 aromatic carbocycles. The SMILES string of the molecule is CC(=NOCC(=O)O)c1ccc(-c2cccc(OCC(=O)N3CCN(C(C)c4ccccc4)CC3)c2)cc1. The van der Waals surface area contributed by atoms with Crippen molar-refractivity contribution in [2.75, 3.05) is 39.4 Å². The second-order valence-electron chi connectivity index (χ2n) is 9.24. The molecule has 0 saturated carbocycles. The molecular weight excluding hydrogens is 482 g/mol. The Balaban J connectivity index is 1.28. The quantitative estimate of drug-likeness (QED) is 0.317. The van der Waals surface area contributed by atoms with E-state index in [9.17, 15) is 9.59 Å². The van der Waals surface area contributed by atoms with Crippen molar-refractivity contribution in [3.8, 4) is 16.9 Å². The topological polar surface area (TPSA) is 91.7 Å². The van der Waals surface area contributed by atoms with Gasteiger partial charge in [0.15, 0.2) is 6.61 Å². The number of piperazine rings is 1. The van der Waals surface area contributed by atoms with Gasteiger partial charge in [0.05, 0.1) is 5.71 Å². The lowest BCUT2D eigenvalue weighted by atomic mass is 10.0. The number of hydrogen-bond acceptors (Lipinski definition) is 6. The third-order valence-electron chi connectivity index (χ3n) is 6.72. The van der Waals surface area contributed by atoms with Crippen LogP contribution in [-0.4, -0.2) is 71.9 Å². The smallest absolute Gasteiger partial charge is 0.344 e. The van der Waals surface area contributed by atoms with Gasteiger partial charge in [-0.2, -0.15) is 0 Å². The molecule has 8 nitrogen and oxygen atoms in total. The molecule has 1 aliphatic rings. The monoisotopic (exact) mass is 515 g/mol. The molecule has 0 radical (unpaired) electrons. The second kappa shape index (κ2) is 12.9. The van der Waals surface area contributed by atoms with Gasteiger partial charge in [0.25, 0.3) is 5.91 Å². The number of hydrogen-bond donors (Lipinski definition) is 1. The highest BCUT2D eigenvalue weighted by molar-refractivity contribution is 5.98. The molecule has 38 heavy (non-hydrogen) atoms. The Labute approximate surface area is 223 Å². The number of amides is 1. The molecule has 1 aliphatic heterocycles. The first-order valence-corrected chi connectivity index (χ1v) is 12.7. The van der Waals surface area contributed by atoms with Crippen molar-refractivity contribution in [3.63, 3.8) is 0 Å². The van der Waals surface area contributed by atoms with E-state index in [4.69, 9.17) is 14.7 Å². The lowest BCUT2D eigenvalue weighted by Crippen LogP contribution is -2.50. The van der Waals surface area contributed by atoms with Crippen LogP contribution < -0.4 is 4.74 Å². The summed E-state index contributed by atoms with van der Waals surface area (Å²) in [6.45, 7) is 6.54. The van der Waals surface area contributed by atoms with Crippen LogP contribution in [0.4, 0.5) is 0 Å². The van der Waals surface area contributed by atoms with Crippen LogP contribution in [0.15, 0.2) is 84.0 Å². The zero-order valence-electron chi connectivity index (χ0n) is 21.7. The van der Waals surface area contributed by atoms with Gasteiger partial charge < -0.3 is 19.6 Å². The molecule has 0 bridgehead atoms. The molecule has 8 heteroatoms. The first kappa shape index (κ1) is 26.9. The van der Waals surface area contributed by atoms with Gasteiger partial charge in [-0.15, -0.1) is 0 Å². The average molecular weight is 516 g/mol. The fourth-order valence-electron chi connectivity index (χ4n) is 4.44. The van der Waals surface area contributed by atoms with Crippen LogP contribution in [0.3, 0.4) is 0 Å². The van der Waals surface area contributed by atoms with Crippen LogP contribution in [0.25, 0.3) is 11.1 Å². The molecule has 0 aromatic heterocycles. The van der Waals surface area contributed by atoms with E-state index in [1.54, 1.807) is 6.92 Å². The largest absolute Gasteiger partial charge is 0.484 e. The van der Waals surface area contributed by atoms with Gasteiger partial charge in [-0.05, 0) is 48.2 Å². The minimum atomic E-state index is -1.07. The zero-order valence-corrected chi connectivity index (χ0v) is 21.7. The summed E-state index contributed by atoms with van der Waals surface area (Å²) >= 11 is 0. The summed E-state index contributed by atoms with van der Waals surface area (Å²) in [6, 6.07) is 26.1. The van der Waals surface area contributed by atoms with Crippen molar-refractivity contribution in [1.29, 1.82) is 0 Å². The van der Waals surface area contributed by atoms with Crippen molar-refractivity contribution in [2.24, 2.45) is 5.16 Å². The third kappa shape index (κ3) is 7.20. The van der Waals surface area contributed by atoms with Crippen molar-refractivity contribution in [1.82, 2.24) is 9.80 Å². The predicted octanol–water partition coefficient (Wildman–Crippen LogP) is 4.46. The number of oxime groups is 1. The summed E-state index contributed by atoms with van der Waals surface area (Å²) in [5, 5.41) is 12.5. The van der Waals surface area contributed by atoms with Crippen LogP contribution in [0, 0.1) is 0 Å².